The van der Waals surface area contributed by atoms with Gasteiger partial charge in [-0.05, 0) is 25.8 Å². The van der Waals surface area contributed by atoms with E-state index in [2.05, 4.69) is 5.10 Å². The molecule has 0 spiro atoms. The van der Waals surface area contributed by atoms with E-state index in [1.807, 2.05) is 13.0 Å². The summed E-state index contributed by atoms with van der Waals surface area (Å²) in [6.07, 6.45) is 3.26. The number of aromatic nitrogens is 2. The SMILES string of the molecule is CC(N)c1ccnn1C1CCCS(=O)(=O)C1. The summed E-state index contributed by atoms with van der Waals surface area (Å²) in [4.78, 5) is 0. The molecule has 1 fully saturated rings. The maximum Gasteiger partial charge on any atom is 0.152 e. The van der Waals surface area contributed by atoms with E-state index < -0.39 is 9.84 Å². The van der Waals surface area contributed by atoms with Crippen molar-refractivity contribution in [2.24, 2.45) is 5.73 Å². The summed E-state index contributed by atoms with van der Waals surface area (Å²) in [5.74, 6) is 0.493. The van der Waals surface area contributed by atoms with Crippen molar-refractivity contribution in [1.29, 1.82) is 0 Å². The Kier molecular flexibility index (Phi) is 3.03. The van der Waals surface area contributed by atoms with Gasteiger partial charge in [0.25, 0.3) is 0 Å². The van der Waals surface area contributed by atoms with Crippen LogP contribution in [-0.2, 0) is 9.84 Å². The van der Waals surface area contributed by atoms with Crippen LogP contribution in [-0.4, -0.2) is 29.7 Å². The van der Waals surface area contributed by atoms with Crippen LogP contribution in [0.15, 0.2) is 12.3 Å². The van der Waals surface area contributed by atoms with E-state index in [0.29, 0.717) is 12.2 Å². The van der Waals surface area contributed by atoms with E-state index in [1.165, 1.54) is 0 Å². The monoisotopic (exact) mass is 243 g/mol. The van der Waals surface area contributed by atoms with Crippen molar-refractivity contribution < 1.29 is 8.42 Å². The van der Waals surface area contributed by atoms with Crippen molar-refractivity contribution in [1.82, 2.24) is 9.78 Å². The van der Waals surface area contributed by atoms with Gasteiger partial charge in [0, 0.05) is 12.2 Å². The van der Waals surface area contributed by atoms with Gasteiger partial charge in [-0.3, -0.25) is 4.68 Å². The zero-order valence-corrected chi connectivity index (χ0v) is 10.2. The fourth-order valence-electron chi connectivity index (χ4n) is 2.18. The molecule has 0 aliphatic carbocycles. The molecule has 90 valence electrons. The van der Waals surface area contributed by atoms with Gasteiger partial charge in [0.15, 0.2) is 9.84 Å². The van der Waals surface area contributed by atoms with Crippen molar-refractivity contribution in [3.8, 4) is 0 Å². The Morgan fingerprint density at radius 1 is 1.62 bits per heavy atom. The molecule has 1 aliphatic heterocycles. The molecule has 0 bridgehead atoms. The Labute approximate surface area is 95.6 Å². The van der Waals surface area contributed by atoms with Crippen LogP contribution in [0.4, 0.5) is 0 Å². The lowest BCUT2D eigenvalue weighted by atomic mass is 10.1. The van der Waals surface area contributed by atoms with Gasteiger partial charge in [-0.25, -0.2) is 8.42 Å². The summed E-state index contributed by atoms with van der Waals surface area (Å²) < 4.78 is 24.9. The Morgan fingerprint density at radius 2 is 2.38 bits per heavy atom. The van der Waals surface area contributed by atoms with Crippen molar-refractivity contribution in [3.05, 3.63) is 18.0 Å². The van der Waals surface area contributed by atoms with Crippen LogP contribution >= 0.6 is 0 Å². The highest BCUT2D eigenvalue weighted by Gasteiger charge is 2.27. The van der Waals surface area contributed by atoms with Crippen molar-refractivity contribution in [2.45, 2.75) is 31.8 Å². The van der Waals surface area contributed by atoms with Crippen molar-refractivity contribution in [3.63, 3.8) is 0 Å². The first-order valence-corrected chi connectivity index (χ1v) is 7.31. The molecule has 0 aromatic carbocycles. The van der Waals surface area contributed by atoms with E-state index >= 15 is 0 Å². The zero-order chi connectivity index (χ0) is 11.8. The molecular formula is C10H17N3O2S. The van der Waals surface area contributed by atoms with Crippen molar-refractivity contribution in [2.75, 3.05) is 11.5 Å². The molecule has 0 amide bonds. The van der Waals surface area contributed by atoms with E-state index in [0.717, 1.165) is 12.1 Å². The first-order chi connectivity index (χ1) is 7.49. The van der Waals surface area contributed by atoms with Crippen LogP contribution in [0.2, 0.25) is 0 Å². The quantitative estimate of drug-likeness (QED) is 0.827. The highest BCUT2D eigenvalue weighted by molar-refractivity contribution is 7.91. The lowest BCUT2D eigenvalue weighted by Crippen LogP contribution is -2.30. The van der Waals surface area contributed by atoms with E-state index in [4.69, 9.17) is 5.73 Å². The maximum absolute atomic E-state index is 11.6. The van der Waals surface area contributed by atoms with Crippen LogP contribution < -0.4 is 5.73 Å². The van der Waals surface area contributed by atoms with E-state index in [9.17, 15) is 8.42 Å². The summed E-state index contributed by atoms with van der Waals surface area (Å²) in [6, 6.07) is 1.69. The molecular weight excluding hydrogens is 226 g/mol. The number of nitrogens with zero attached hydrogens (tertiary/aromatic N) is 2. The molecule has 16 heavy (non-hydrogen) atoms. The smallest absolute Gasteiger partial charge is 0.152 e. The predicted octanol–water partition coefficient (Wildman–Crippen LogP) is 0.653. The predicted molar refractivity (Wildman–Crippen MR) is 61.8 cm³/mol. The summed E-state index contributed by atoms with van der Waals surface area (Å²) >= 11 is 0. The van der Waals surface area contributed by atoms with Gasteiger partial charge in [0.1, 0.15) is 0 Å². The topological polar surface area (TPSA) is 78.0 Å². The van der Waals surface area contributed by atoms with Crippen LogP contribution in [0.25, 0.3) is 0 Å². The second kappa shape index (κ2) is 4.18. The third kappa shape index (κ3) is 2.27. The molecule has 1 aromatic heterocycles. The summed E-state index contributed by atoms with van der Waals surface area (Å²) in [7, 11) is -2.90. The molecule has 1 aliphatic rings. The number of rotatable bonds is 2. The zero-order valence-electron chi connectivity index (χ0n) is 9.33. The van der Waals surface area contributed by atoms with Crippen molar-refractivity contribution >= 4 is 9.84 Å². The lowest BCUT2D eigenvalue weighted by Gasteiger charge is -2.24. The van der Waals surface area contributed by atoms with Gasteiger partial charge in [-0.1, -0.05) is 0 Å². The molecule has 6 heteroatoms. The highest BCUT2D eigenvalue weighted by atomic mass is 32.2. The Balaban J connectivity index is 2.27. The molecule has 2 N–H and O–H groups in total. The van der Waals surface area contributed by atoms with Gasteiger partial charge >= 0.3 is 0 Å². The summed E-state index contributed by atoms with van der Waals surface area (Å²) in [5.41, 5.74) is 6.73. The fourth-order valence-corrected chi connectivity index (χ4v) is 3.85. The lowest BCUT2D eigenvalue weighted by molar-refractivity contribution is 0.415. The van der Waals surface area contributed by atoms with E-state index in [-0.39, 0.29) is 17.8 Å². The van der Waals surface area contributed by atoms with Crippen LogP contribution in [0.3, 0.4) is 0 Å². The van der Waals surface area contributed by atoms with Gasteiger partial charge in [-0.2, -0.15) is 5.10 Å². The van der Waals surface area contributed by atoms with Gasteiger partial charge in [0.2, 0.25) is 0 Å². The second-order valence-corrected chi connectivity index (χ2v) is 6.63. The summed E-state index contributed by atoms with van der Waals surface area (Å²) in [5, 5.41) is 4.20. The first-order valence-electron chi connectivity index (χ1n) is 5.49. The van der Waals surface area contributed by atoms with E-state index in [1.54, 1.807) is 10.9 Å². The van der Waals surface area contributed by atoms with Crippen LogP contribution in [0.1, 0.15) is 37.5 Å². The molecule has 2 rings (SSSR count). The minimum atomic E-state index is -2.90. The molecule has 2 unspecified atom stereocenters. The minimum Gasteiger partial charge on any atom is -0.323 e. The summed E-state index contributed by atoms with van der Waals surface area (Å²) in [6.45, 7) is 1.88. The normalized spacial score (nSPS) is 26.5. The number of hydrogen-bond donors (Lipinski definition) is 1. The maximum atomic E-state index is 11.6. The Bertz CT molecular complexity index is 464. The minimum absolute atomic E-state index is 0.0465. The largest absolute Gasteiger partial charge is 0.323 e. The number of hydrogen-bond acceptors (Lipinski definition) is 4. The molecule has 5 nitrogen and oxygen atoms in total. The molecule has 0 saturated carbocycles. The second-order valence-electron chi connectivity index (χ2n) is 4.40. The molecule has 0 radical (unpaired) electrons. The Hall–Kier alpha value is -0.880. The average molecular weight is 243 g/mol. The molecule has 2 heterocycles. The average Bonchev–Trinajstić information content (AvgIpc) is 2.64. The first kappa shape index (κ1) is 11.6. The standard InChI is InChI=1S/C10H17N3O2S/c1-8(11)10-4-5-12-13(10)9-3-2-6-16(14,15)7-9/h4-5,8-9H,2-3,6-7,11H2,1H3. The molecule has 1 saturated heterocycles. The van der Waals surface area contributed by atoms with Gasteiger partial charge < -0.3 is 5.73 Å². The fraction of sp³-hybridized carbons (Fsp3) is 0.700. The molecule has 2 atom stereocenters. The van der Waals surface area contributed by atoms with Crippen LogP contribution in [0, 0.1) is 0 Å². The number of nitrogens with two attached hydrogens (primary N) is 1. The van der Waals surface area contributed by atoms with Crippen LogP contribution in [0.5, 0.6) is 0 Å². The highest BCUT2D eigenvalue weighted by Crippen LogP contribution is 2.25. The third-order valence-corrected chi connectivity index (χ3v) is 4.76. The Morgan fingerprint density at radius 3 is 3.00 bits per heavy atom. The van der Waals surface area contributed by atoms with Gasteiger partial charge in [-0.15, -0.1) is 0 Å². The third-order valence-electron chi connectivity index (χ3n) is 2.95. The van der Waals surface area contributed by atoms with Gasteiger partial charge in [0.05, 0.1) is 23.2 Å². The molecule has 1 aromatic rings. The number of sulfone groups is 1.